The molecule has 4 nitrogen and oxygen atoms in total. The largest absolute Gasteiger partial charge is 0.313 e. The lowest BCUT2D eigenvalue weighted by Gasteiger charge is -2.12. The third kappa shape index (κ3) is 5.46. The smallest absolute Gasteiger partial charge is 0.229 e. The molecular weight excluding hydrogens is 255 g/mol. The first-order valence-corrected chi connectivity index (χ1v) is 7.67. The van der Waals surface area contributed by atoms with Gasteiger partial charge in [0.1, 0.15) is 5.82 Å². The van der Waals surface area contributed by atoms with Crippen LogP contribution in [0.3, 0.4) is 0 Å². The van der Waals surface area contributed by atoms with Crippen LogP contribution < -0.4 is 10.0 Å². The zero-order chi connectivity index (χ0) is 14.3. The average molecular weight is 276 g/mol. The predicted molar refractivity (Wildman–Crippen MR) is 73.7 cm³/mol. The van der Waals surface area contributed by atoms with Gasteiger partial charge in [0.25, 0.3) is 0 Å². The SMILES string of the molecule is CC.CNC(C)c1ccc(NS(C)(=O)=O)c(F)c1. The van der Waals surface area contributed by atoms with Gasteiger partial charge in [0.15, 0.2) is 0 Å². The van der Waals surface area contributed by atoms with Crippen LogP contribution in [0.1, 0.15) is 32.4 Å². The Kier molecular flexibility index (Phi) is 6.86. The number of rotatable bonds is 4. The maximum atomic E-state index is 13.5. The predicted octanol–water partition coefficient (Wildman–Crippen LogP) is 2.50. The molecule has 0 fully saturated rings. The van der Waals surface area contributed by atoms with E-state index in [1.807, 2.05) is 20.8 Å². The Balaban J connectivity index is 0.00000137. The van der Waals surface area contributed by atoms with Crippen LogP contribution in [0.25, 0.3) is 0 Å². The summed E-state index contributed by atoms with van der Waals surface area (Å²) in [7, 11) is -1.67. The zero-order valence-corrected chi connectivity index (χ0v) is 12.2. The van der Waals surface area contributed by atoms with E-state index < -0.39 is 15.8 Å². The number of halogens is 1. The number of hydrogen-bond donors (Lipinski definition) is 2. The van der Waals surface area contributed by atoms with E-state index in [0.29, 0.717) is 0 Å². The molecule has 0 bridgehead atoms. The molecule has 0 aliphatic heterocycles. The van der Waals surface area contributed by atoms with Gasteiger partial charge in [-0.1, -0.05) is 19.9 Å². The highest BCUT2D eigenvalue weighted by Gasteiger charge is 2.10. The second-order valence-electron chi connectivity index (χ2n) is 3.62. The second kappa shape index (κ2) is 7.33. The molecule has 1 unspecified atom stereocenters. The summed E-state index contributed by atoms with van der Waals surface area (Å²) in [5, 5.41) is 2.97. The lowest BCUT2D eigenvalue weighted by atomic mass is 10.1. The van der Waals surface area contributed by atoms with Crippen molar-refractivity contribution < 1.29 is 12.8 Å². The topological polar surface area (TPSA) is 58.2 Å². The van der Waals surface area contributed by atoms with E-state index in [4.69, 9.17) is 0 Å². The minimum Gasteiger partial charge on any atom is -0.313 e. The fraction of sp³-hybridized carbons (Fsp3) is 0.500. The summed E-state index contributed by atoms with van der Waals surface area (Å²) in [6.07, 6.45) is 0.983. The van der Waals surface area contributed by atoms with Crippen molar-refractivity contribution in [3.05, 3.63) is 29.6 Å². The van der Waals surface area contributed by atoms with Gasteiger partial charge in [0.05, 0.1) is 11.9 Å². The third-order valence-corrected chi connectivity index (χ3v) is 2.81. The fourth-order valence-corrected chi connectivity index (χ4v) is 1.81. The fourth-order valence-electron chi connectivity index (χ4n) is 1.25. The monoisotopic (exact) mass is 276 g/mol. The number of benzene rings is 1. The molecule has 0 saturated heterocycles. The highest BCUT2D eigenvalue weighted by atomic mass is 32.2. The Morgan fingerprint density at radius 1 is 1.28 bits per heavy atom. The molecule has 1 atom stereocenters. The van der Waals surface area contributed by atoms with Crippen LogP contribution in [-0.2, 0) is 10.0 Å². The van der Waals surface area contributed by atoms with Gasteiger partial charge < -0.3 is 5.32 Å². The highest BCUT2D eigenvalue weighted by Crippen LogP contribution is 2.20. The van der Waals surface area contributed by atoms with Gasteiger partial charge in [-0.15, -0.1) is 0 Å². The first kappa shape index (κ1) is 16.9. The summed E-state index contributed by atoms with van der Waals surface area (Å²) < 4.78 is 37.5. The van der Waals surface area contributed by atoms with E-state index >= 15 is 0 Å². The summed E-state index contributed by atoms with van der Waals surface area (Å²) in [5.41, 5.74) is 0.730. The highest BCUT2D eigenvalue weighted by molar-refractivity contribution is 7.92. The van der Waals surface area contributed by atoms with Crippen LogP contribution in [0, 0.1) is 5.82 Å². The van der Waals surface area contributed by atoms with Gasteiger partial charge in [-0.05, 0) is 31.7 Å². The minimum atomic E-state index is -3.44. The van der Waals surface area contributed by atoms with E-state index in [0.717, 1.165) is 11.8 Å². The van der Waals surface area contributed by atoms with Gasteiger partial charge in [0, 0.05) is 6.04 Å². The summed E-state index contributed by atoms with van der Waals surface area (Å²) in [6.45, 7) is 5.89. The molecule has 0 amide bonds. The molecule has 0 aromatic heterocycles. The average Bonchev–Trinajstić information content (AvgIpc) is 2.32. The minimum absolute atomic E-state index is 0.0155. The van der Waals surface area contributed by atoms with Crippen molar-refractivity contribution in [1.82, 2.24) is 5.32 Å². The number of nitrogens with one attached hydrogen (secondary N) is 2. The normalized spacial score (nSPS) is 12.3. The molecular formula is C12H21FN2O2S. The van der Waals surface area contributed by atoms with Gasteiger partial charge in [-0.2, -0.15) is 0 Å². The van der Waals surface area contributed by atoms with Gasteiger partial charge >= 0.3 is 0 Å². The number of sulfonamides is 1. The summed E-state index contributed by atoms with van der Waals surface area (Å²) in [6, 6.07) is 4.42. The third-order valence-electron chi connectivity index (χ3n) is 2.22. The molecule has 1 rings (SSSR count). The van der Waals surface area contributed by atoms with Crippen LogP contribution in [0.15, 0.2) is 18.2 Å². The van der Waals surface area contributed by atoms with E-state index in [1.54, 1.807) is 13.1 Å². The van der Waals surface area contributed by atoms with Crippen LogP contribution in [0.5, 0.6) is 0 Å². The Morgan fingerprint density at radius 3 is 2.22 bits per heavy atom. The van der Waals surface area contributed by atoms with Crippen LogP contribution >= 0.6 is 0 Å². The molecule has 0 saturated carbocycles. The first-order valence-electron chi connectivity index (χ1n) is 5.78. The summed E-state index contributed by atoms with van der Waals surface area (Å²) >= 11 is 0. The molecule has 2 N–H and O–H groups in total. The Morgan fingerprint density at radius 2 is 1.83 bits per heavy atom. The van der Waals surface area contributed by atoms with Crippen molar-refractivity contribution in [3.8, 4) is 0 Å². The van der Waals surface area contributed by atoms with E-state index in [9.17, 15) is 12.8 Å². The van der Waals surface area contributed by atoms with Gasteiger partial charge in [0.2, 0.25) is 10.0 Å². The van der Waals surface area contributed by atoms with E-state index in [1.165, 1.54) is 12.1 Å². The lowest BCUT2D eigenvalue weighted by molar-refractivity contribution is 0.601. The van der Waals surface area contributed by atoms with Crippen molar-refractivity contribution in [1.29, 1.82) is 0 Å². The maximum absolute atomic E-state index is 13.5. The quantitative estimate of drug-likeness (QED) is 0.888. The maximum Gasteiger partial charge on any atom is 0.229 e. The molecule has 0 heterocycles. The zero-order valence-electron chi connectivity index (χ0n) is 11.4. The van der Waals surface area contributed by atoms with Crippen molar-refractivity contribution >= 4 is 15.7 Å². The van der Waals surface area contributed by atoms with Gasteiger partial charge in [-0.25, -0.2) is 12.8 Å². The molecule has 1 aromatic carbocycles. The molecule has 104 valence electrons. The Labute approximate surface area is 109 Å². The Bertz CT molecular complexity index is 475. The number of anilines is 1. The standard InChI is InChI=1S/C10H15FN2O2S.C2H6/c1-7(12-2)8-4-5-10(9(11)6-8)13-16(3,14)15;1-2/h4-7,12-13H,1-3H3;1-2H3. The first-order chi connectivity index (χ1) is 8.33. The lowest BCUT2D eigenvalue weighted by Crippen LogP contribution is -2.14. The molecule has 0 aliphatic rings. The van der Waals surface area contributed by atoms with Crippen LogP contribution in [-0.4, -0.2) is 21.7 Å². The van der Waals surface area contributed by atoms with Crippen molar-refractivity contribution in [2.75, 3.05) is 18.0 Å². The molecule has 0 radical (unpaired) electrons. The molecule has 6 heteroatoms. The number of hydrogen-bond acceptors (Lipinski definition) is 3. The van der Waals surface area contributed by atoms with Crippen LogP contribution in [0.4, 0.5) is 10.1 Å². The van der Waals surface area contributed by atoms with Crippen molar-refractivity contribution in [2.45, 2.75) is 26.8 Å². The molecule has 0 spiro atoms. The van der Waals surface area contributed by atoms with Crippen LogP contribution in [0.2, 0.25) is 0 Å². The van der Waals surface area contributed by atoms with E-state index in [2.05, 4.69) is 10.0 Å². The van der Waals surface area contributed by atoms with Gasteiger partial charge in [-0.3, -0.25) is 4.72 Å². The molecule has 1 aromatic rings. The molecule has 0 aliphatic carbocycles. The summed E-state index contributed by atoms with van der Waals surface area (Å²) in [4.78, 5) is 0. The second-order valence-corrected chi connectivity index (χ2v) is 5.37. The van der Waals surface area contributed by atoms with E-state index in [-0.39, 0.29) is 11.7 Å². The van der Waals surface area contributed by atoms with Crippen molar-refractivity contribution in [2.24, 2.45) is 0 Å². The Hall–Kier alpha value is -1.14. The molecule has 18 heavy (non-hydrogen) atoms. The van der Waals surface area contributed by atoms with Crippen molar-refractivity contribution in [3.63, 3.8) is 0 Å². The summed E-state index contributed by atoms with van der Waals surface area (Å²) in [5.74, 6) is -0.579.